The monoisotopic (exact) mass is 316 g/mol. The average Bonchev–Trinajstić information content (AvgIpc) is 3.11. The Hall–Kier alpha value is -2.47. The number of carbonyl (C=O) groups excluding carboxylic acids is 1. The van der Waals surface area contributed by atoms with E-state index in [1.807, 2.05) is 31.2 Å². The van der Waals surface area contributed by atoms with E-state index in [0.717, 1.165) is 22.8 Å². The molecule has 0 aliphatic carbocycles. The molecule has 0 fully saturated rings. The fourth-order valence-corrected chi connectivity index (χ4v) is 2.37. The van der Waals surface area contributed by atoms with Gasteiger partial charge < -0.3 is 24.5 Å². The third-order valence-electron chi connectivity index (χ3n) is 3.66. The number of hydrogen-bond donors (Lipinski definition) is 2. The third kappa shape index (κ3) is 3.84. The maximum absolute atomic E-state index is 12.1. The van der Waals surface area contributed by atoms with Crippen LogP contribution < -0.4 is 20.1 Å². The van der Waals surface area contributed by atoms with Gasteiger partial charge in [0, 0.05) is 12.1 Å². The molecule has 6 heteroatoms. The first kappa shape index (κ1) is 15.4. The summed E-state index contributed by atoms with van der Waals surface area (Å²) in [5.41, 5.74) is 0.980. The van der Waals surface area contributed by atoms with Crippen LogP contribution in [0.2, 0.25) is 0 Å². The molecule has 1 aromatic heterocycles. The Labute approximate surface area is 134 Å². The summed E-state index contributed by atoms with van der Waals surface area (Å²) < 4.78 is 16.4. The molecular weight excluding hydrogens is 296 g/mol. The Morgan fingerprint density at radius 1 is 1.17 bits per heavy atom. The average molecular weight is 316 g/mol. The van der Waals surface area contributed by atoms with Crippen molar-refractivity contribution in [3.8, 4) is 11.5 Å². The second kappa shape index (κ2) is 7.19. The number of nitrogens with one attached hydrogen (secondary N) is 2. The molecular formula is C17H20N2O4. The van der Waals surface area contributed by atoms with Crippen LogP contribution in [0.25, 0.3) is 0 Å². The van der Waals surface area contributed by atoms with Gasteiger partial charge in [-0.25, -0.2) is 0 Å². The van der Waals surface area contributed by atoms with Crippen LogP contribution in [-0.2, 0) is 17.9 Å². The summed E-state index contributed by atoms with van der Waals surface area (Å²) in [6.45, 7) is 3.85. The molecule has 1 aliphatic heterocycles. The first-order valence-corrected chi connectivity index (χ1v) is 7.65. The van der Waals surface area contributed by atoms with E-state index >= 15 is 0 Å². The molecule has 6 nitrogen and oxygen atoms in total. The van der Waals surface area contributed by atoms with E-state index < -0.39 is 0 Å². The van der Waals surface area contributed by atoms with E-state index in [1.165, 1.54) is 0 Å². The lowest BCUT2D eigenvalue weighted by molar-refractivity contribution is -0.123. The first-order chi connectivity index (χ1) is 11.2. The van der Waals surface area contributed by atoms with E-state index in [-0.39, 0.29) is 11.9 Å². The van der Waals surface area contributed by atoms with E-state index in [2.05, 4.69) is 10.6 Å². The Morgan fingerprint density at radius 3 is 2.87 bits per heavy atom. The number of amides is 1. The summed E-state index contributed by atoms with van der Waals surface area (Å²) in [7, 11) is 0. The second-order valence-corrected chi connectivity index (χ2v) is 5.34. The fraction of sp³-hybridized carbons (Fsp3) is 0.353. The van der Waals surface area contributed by atoms with Crippen molar-refractivity contribution in [3.05, 3.63) is 47.9 Å². The van der Waals surface area contributed by atoms with Gasteiger partial charge in [0.1, 0.15) is 19.0 Å². The fourth-order valence-electron chi connectivity index (χ4n) is 2.37. The van der Waals surface area contributed by atoms with E-state index in [9.17, 15) is 4.79 Å². The molecule has 2 aromatic rings. The molecule has 1 aromatic carbocycles. The Morgan fingerprint density at radius 2 is 2.04 bits per heavy atom. The van der Waals surface area contributed by atoms with Gasteiger partial charge >= 0.3 is 0 Å². The number of fused-ring (bicyclic) bond motifs is 1. The zero-order valence-corrected chi connectivity index (χ0v) is 13.0. The summed E-state index contributed by atoms with van der Waals surface area (Å²) in [6, 6.07) is 9.07. The molecule has 1 amide bonds. The van der Waals surface area contributed by atoms with Gasteiger partial charge in [-0.1, -0.05) is 12.1 Å². The highest BCUT2D eigenvalue weighted by Crippen LogP contribution is 2.33. The van der Waals surface area contributed by atoms with Crippen LogP contribution in [0.1, 0.15) is 18.2 Å². The summed E-state index contributed by atoms with van der Waals surface area (Å²) >= 11 is 0. The zero-order chi connectivity index (χ0) is 16.1. The summed E-state index contributed by atoms with van der Waals surface area (Å²) in [4.78, 5) is 12.1. The van der Waals surface area contributed by atoms with E-state index in [4.69, 9.17) is 13.9 Å². The van der Waals surface area contributed by atoms with Crippen LogP contribution in [0.15, 0.2) is 41.0 Å². The minimum Gasteiger partial charge on any atom is -0.486 e. The van der Waals surface area contributed by atoms with Gasteiger partial charge in [-0.05, 0) is 25.1 Å². The number of carbonyl (C=O) groups is 1. The van der Waals surface area contributed by atoms with Crippen LogP contribution in [-0.4, -0.2) is 25.2 Å². The molecule has 1 unspecified atom stereocenters. The lowest BCUT2D eigenvalue weighted by atomic mass is 10.1. The van der Waals surface area contributed by atoms with Gasteiger partial charge in [0.05, 0.1) is 18.8 Å². The second-order valence-electron chi connectivity index (χ2n) is 5.34. The van der Waals surface area contributed by atoms with Crippen molar-refractivity contribution in [1.29, 1.82) is 0 Å². The molecule has 122 valence electrons. The van der Waals surface area contributed by atoms with Gasteiger partial charge in [-0.15, -0.1) is 0 Å². The lowest BCUT2D eigenvalue weighted by Gasteiger charge is -2.22. The molecule has 2 N–H and O–H groups in total. The quantitative estimate of drug-likeness (QED) is 0.851. The maximum atomic E-state index is 12.1. The molecule has 2 heterocycles. The van der Waals surface area contributed by atoms with Crippen molar-refractivity contribution in [2.45, 2.75) is 26.1 Å². The molecule has 23 heavy (non-hydrogen) atoms. The van der Waals surface area contributed by atoms with Crippen molar-refractivity contribution in [2.24, 2.45) is 0 Å². The van der Waals surface area contributed by atoms with Gasteiger partial charge in [0.2, 0.25) is 5.91 Å². The largest absolute Gasteiger partial charge is 0.486 e. The van der Waals surface area contributed by atoms with Crippen molar-refractivity contribution in [3.63, 3.8) is 0 Å². The number of para-hydroxylation sites is 1. The lowest BCUT2D eigenvalue weighted by Crippen LogP contribution is -2.41. The minimum atomic E-state index is -0.328. The smallest absolute Gasteiger partial charge is 0.237 e. The van der Waals surface area contributed by atoms with Gasteiger partial charge in [0.25, 0.3) is 0 Å². The SMILES string of the molecule is CC(NCc1cccc2c1OCCO2)C(=O)NCc1ccco1. The van der Waals surface area contributed by atoms with Crippen LogP contribution in [0.4, 0.5) is 0 Å². The third-order valence-corrected chi connectivity index (χ3v) is 3.66. The van der Waals surface area contributed by atoms with E-state index in [1.54, 1.807) is 12.3 Å². The normalized spacial score (nSPS) is 14.3. The molecule has 0 saturated heterocycles. The van der Waals surface area contributed by atoms with Crippen molar-refractivity contribution in [1.82, 2.24) is 10.6 Å². The molecule has 0 spiro atoms. The topological polar surface area (TPSA) is 72.7 Å². The zero-order valence-electron chi connectivity index (χ0n) is 13.0. The van der Waals surface area contributed by atoms with Crippen molar-refractivity contribution in [2.75, 3.05) is 13.2 Å². The van der Waals surface area contributed by atoms with Crippen LogP contribution >= 0.6 is 0 Å². The van der Waals surface area contributed by atoms with Crippen molar-refractivity contribution >= 4 is 5.91 Å². The Bertz CT molecular complexity index is 655. The van der Waals surface area contributed by atoms with Crippen LogP contribution in [0, 0.1) is 0 Å². The predicted octanol–water partition coefficient (Wildman–Crippen LogP) is 1.85. The summed E-state index contributed by atoms with van der Waals surface area (Å²) in [5.74, 6) is 2.16. The highest BCUT2D eigenvalue weighted by molar-refractivity contribution is 5.81. The van der Waals surface area contributed by atoms with Gasteiger partial charge in [0.15, 0.2) is 11.5 Å². The maximum Gasteiger partial charge on any atom is 0.237 e. The highest BCUT2D eigenvalue weighted by atomic mass is 16.6. The Kier molecular flexibility index (Phi) is 4.83. The number of ether oxygens (including phenoxy) is 2. The summed E-state index contributed by atoms with van der Waals surface area (Å²) in [5, 5.41) is 6.03. The first-order valence-electron chi connectivity index (χ1n) is 7.65. The molecule has 1 atom stereocenters. The molecule has 1 aliphatic rings. The molecule has 0 radical (unpaired) electrons. The number of benzene rings is 1. The highest BCUT2D eigenvalue weighted by Gasteiger charge is 2.17. The number of hydrogen-bond acceptors (Lipinski definition) is 5. The predicted molar refractivity (Wildman–Crippen MR) is 84.3 cm³/mol. The number of rotatable bonds is 6. The van der Waals surface area contributed by atoms with Gasteiger partial charge in [-0.2, -0.15) is 0 Å². The van der Waals surface area contributed by atoms with Crippen LogP contribution in [0.3, 0.4) is 0 Å². The Balaban J connectivity index is 1.52. The van der Waals surface area contributed by atoms with Crippen LogP contribution in [0.5, 0.6) is 11.5 Å². The van der Waals surface area contributed by atoms with E-state index in [0.29, 0.717) is 26.3 Å². The van der Waals surface area contributed by atoms with Crippen molar-refractivity contribution < 1.29 is 18.7 Å². The number of furan rings is 1. The molecule has 0 saturated carbocycles. The minimum absolute atomic E-state index is 0.0802. The molecule has 3 rings (SSSR count). The van der Waals surface area contributed by atoms with Gasteiger partial charge in [-0.3, -0.25) is 4.79 Å². The molecule has 0 bridgehead atoms. The standard InChI is InChI=1S/C17H20N2O4/c1-12(17(20)19-11-14-5-3-7-21-14)18-10-13-4-2-6-15-16(13)23-9-8-22-15/h2-7,12,18H,8-11H2,1H3,(H,19,20). The summed E-state index contributed by atoms with van der Waals surface area (Å²) in [6.07, 6.45) is 1.59.